The van der Waals surface area contributed by atoms with Gasteiger partial charge in [-0.25, -0.2) is 13.2 Å². The fourth-order valence-corrected chi connectivity index (χ4v) is 2.84. The summed E-state index contributed by atoms with van der Waals surface area (Å²) in [6.45, 7) is 8.11. The van der Waals surface area contributed by atoms with Gasteiger partial charge in [0.1, 0.15) is 17.5 Å². The minimum absolute atomic E-state index is 0.151. The molecule has 0 heterocycles. The van der Waals surface area contributed by atoms with E-state index in [-0.39, 0.29) is 11.2 Å². The quantitative estimate of drug-likeness (QED) is 0.621. The monoisotopic (exact) mass is 320 g/mol. The number of rotatable bonds is 5. The summed E-state index contributed by atoms with van der Waals surface area (Å²) in [5, 5.41) is 0. The summed E-state index contributed by atoms with van der Waals surface area (Å²) in [5.74, 6) is -1.32. The van der Waals surface area contributed by atoms with Gasteiger partial charge in [0.2, 0.25) is 0 Å². The van der Waals surface area contributed by atoms with Gasteiger partial charge in [-0.2, -0.15) is 0 Å². The largest absolute Gasteiger partial charge is 0.207 e. The summed E-state index contributed by atoms with van der Waals surface area (Å²) in [6, 6.07) is 10.3. The molecule has 0 saturated heterocycles. The van der Waals surface area contributed by atoms with Gasteiger partial charge in [-0.05, 0) is 53.0 Å². The van der Waals surface area contributed by atoms with Crippen LogP contribution in [0.15, 0.2) is 42.5 Å². The van der Waals surface area contributed by atoms with Crippen LogP contribution in [0, 0.1) is 17.5 Å². The molecular weight excluding hydrogens is 297 g/mol. The molecule has 0 fully saturated rings. The molecule has 0 atom stereocenters. The molecule has 0 N–H and O–H groups in total. The normalized spacial score (nSPS) is 12.5. The highest BCUT2D eigenvalue weighted by Crippen LogP contribution is 2.37. The molecule has 0 saturated carbocycles. The van der Waals surface area contributed by atoms with Gasteiger partial charge in [-0.1, -0.05) is 45.9 Å². The zero-order chi connectivity index (χ0) is 17.3. The maximum absolute atomic E-state index is 14.1. The van der Waals surface area contributed by atoms with Crippen LogP contribution in [0.4, 0.5) is 13.2 Å². The van der Waals surface area contributed by atoms with Crippen molar-refractivity contribution in [3.05, 3.63) is 71.0 Å². The maximum atomic E-state index is 14.1. The van der Waals surface area contributed by atoms with E-state index < -0.39 is 17.0 Å². The number of hydrogen-bond donors (Lipinski definition) is 0. The molecule has 2 aromatic rings. The van der Waals surface area contributed by atoms with Crippen LogP contribution >= 0.6 is 0 Å². The minimum Gasteiger partial charge on any atom is -0.207 e. The first kappa shape index (κ1) is 17.6. The van der Waals surface area contributed by atoms with Crippen LogP contribution < -0.4 is 0 Å². The lowest BCUT2D eigenvalue weighted by molar-refractivity contribution is 0.364. The van der Waals surface area contributed by atoms with Crippen LogP contribution in [0.2, 0.25) is 0 Å². The molecule has 0 nitrogen and oxygen atoms in total. The first-order chi connectivity index (χ1) is 10.6. The van der Waals surface area contributed by atoms with Crippen molar-refractivity contribution in [2.45, 2.75) is 51.4 Å². The van der Waals surface area contributed by atoms with Crippen LogP contribution in [0.5, 0.6) is 0 Å². The molecule has 0 bridgehead atoms. The molecule has 2 aromatic carbocycles. The van der Waals surface area contributed by atoms with Crippen LogP contribution in [-0.2, 0) is 10.8 Å². The summed E-state index contributed by atoms with van der Waals surface area (Å²) in [7, 11) is 0. The van der Waals surface area contributed by atoms with Crippen LogP contribution in [0.3, 0.4) is 0 Å². The lowest BCUT2D eigenvalue weighted by atomic mass is 9.72. The van der Waals surface area contributed by atoms with Gasteiger partial charge < -0.3 is 0 Å². The van der Waals surface area contributed by atoms with Gasteiger partial charge in [0.25, 0.3) is 0 Å². The highest BCUT2D eigenvalue weighted by atomic mass is 19.1. The zero-order valence-corrected chi connectivity index (χ0v) is 14.1. The molecule has 0 unspecified atom stereocenters. The molecule has 0 aliphatic rings. The molecule has 23 heavy (non-hydrogen) atoms. The van der Waals surface area contributed by atoms with Crippen LogP contribution in [0.1, 0.15) is 51.7 Å². The molecule has 0 aromatic heterocycles. The topological polar surface area (TPSA) is 0 Å². The Morgan fingerprint density at radius 3 is 1.78 bits per heavy atom. The number of halogens is 3. The molecule has 2 rings (SSSR count). The Kier molecular flexibility index (Phi) is 4.88. The summed E-state index contributed by atoms with van der Waals surface area (Å²) in [5.41, 5.74) is 1.01. The van der Waals surface area contributed by atoms with Crippen molar-refractivity contribution >= 4 is 0 Å². The highest BCUT2D eigenvalue weighted by Gasteiger charge is 2.29. The number of benzene rings is 2. The Labute approximate surface area is 136 Å². The fourth-order valence-electron chi connectivity index (χ4n) is 2.84. The van der Waals surface area contributed by atoms with Gasteiger partial charge in [-0.15, -0.1) is 0 Å². The van der Waals surface area contributed by atoms with E-state index in [1.165, 1.54) is 24.3 Å². The van der Waals surface area contributed by atoms with Crippen LogP contribution in [-0.4, -0.2) is 0 Å². The van der Waals surface area contributed by atoms with Gasteiger partial charge in [0, 0.05) is 6.07 Å². The van der Waals surface area contributed by atoms with Crippen molar-refractivity contribution in [1.82, 2.24) is 0 Å². The molecule has 0 aliphatic carbocycles. The summed E-state index contributed by atoms with van der Waals surface area (Å²) in [4.78, 5) is 0. The summed E-state index contributed by atoms with van der Waals surface area (Å²) < 4.78 is 40.2. The van der Waals surface area contributed by atoms with Gasteiger partial charge in [0.15, 0.2) is 0 Å². The van der Waals surface area contributed by atoms with E-state index in [2.05, 4.69) is 13.8 Å². The van der Waals surface area contributed by atoms with Crippen molar-refractivity contribution in [2.24, 2.45) is 0 Å². The Morgan fingerprint density at radius 1 is 0.696 bits per heavy atom. The van der Waals surface area contributed by atoms with E-state index in [4.69, 9.17) is 0 Å². The minimum atomic E-state index is -0.561. The third-order valence-electron chi connectivity index (χ3n) is 4.66. The molecule has 0 spiro atoms. The van der Waals surface area contributed by atoms with E-state index in [0.29, 0.717) is 5.56 Å². The van der Waals surface area contributed by atoms with Crippen molar-refractivity contribution in [3.8, 4) is 0 Å². The highest BCUT2D eigenvalue weighted by molar-refractivity contribution is 5.28. The van der Waals surface area contributed by atoms with Gasteiger partial charge in [-0.3, -0.25) is 0 Å². The van der Waals surface area contributed by atoms with Crippen molar-refractivity contribution in [3.63, 3.8) is 0 Å². The maximum Gasteiger partial charge on any atom is 0.129 e. The molecule has 124 valence electrons. The average molecular weight is 320 g/mol. The van der Waals surface area contributed by atoms with E-state index >= 15 is 0 Å². The third kappa shape index (κ3) is 4.15. The smallest absolute Gasteiger partial charge is 0.129 e. The van der Waals surface area contributed by atoms with E-state index in [1.54, 1.807) is 12.1 Å². The standard InChI is InChI=1S/C20H23F3/c1-19(2,14-5-7-15(21)8-6-14)11-12-20(3,4)17-10-9-16(22)13-18(17)23/h5-10,13H,11-12H2,1-4H3. The van der Waals surface area contributed by atoms with Gasteiger partial charge >= 0.3 is 0 Å². The molecule has 0 radical (unpaired) electrons. The third-order valence-corrected chi connectivity index (χ3v) is 4.66. The molecule has 3 heteroatoms. The zero-order valence-electron chi connectivity index (χ0n) is 14.1. The second-order valence-electron chi connectivity index (χ2n) is 7.40. The van der Waals surface area contributed by atoms with Gasteiger partial charge in [0.05, 0.1) is 0 Å². The fraction of sp³-hybridized carbons (Fsp3) is 0.400. The molecule has 0 amide bonds. The van der Waals surface area contributed by atoms with E-state index in [9.17, 15) is 13.2 Å². The lowest BCUT2D eigenvalue weighted by Crippen LogP contribution is -2.25. The second-order valence-corrected chi connectivity index (χ2v) is 7.40. The average Bonchev–Trinajstić information content (AvgIpc) is 2.45. The lowest BCUT2D eigenvalue weighted by Gasteiger charge is -2.32. The Hall–Kier alpha value is -1.77. The molecular formula is C20H23F3. The van der Waals surface area contributed by atoms with Crippen molar-refractivity contribution < 1.29 is 13.2 Å². The van der Waals surface area contributed by atoms with Crippen molar-refractivity contribution in [2.75, 3.05) is 0 Å². The summed E-state index contributed by atoms with van der Waals surface area (Å²) >= 11 is 0. The van der Waals surface area contributed by atoms with Crippen molar-refractivity contribution in [1.29, 1.82) is 0 Å². The Bertz CT molecular complexity index is 670. The molecule has 0 aliphatic heterocycles. The van der Waals surface area contributed by atoms with E-state index in [0.717, 1.165) is 24.5 Å². The van der Waals surface area contributed by atoms with E-state index in [1.807, 2.05) is 13.8 Å². The van der Waals surface area contributed by atoms with Crippen LogP contribution in [0.25, 0.3) is 0 Å². The predicted molar refractivity (Wildman–Crippen MR) is 88.0 cm³/mol. The first-order valence-corrected chi connectivity index (χ1v) is 7.83. The second kappa shape index (κ2) is 6.38. The first-order valence-electron chi connectivity index (χ1n) is 7.83. The SMILES string of the molecule is CC(C)(CCC(C)(C)c1ccc(F)cc1F)c1ccc(F)cc1. The Morgan fingerprint density at radius 2 is 1.22 bits per heavy atom. The number of hydrogen-bond acceptors (Lipinski definition) is 0. The summed E-state index contributed by atoms with van der Waals surface area (Å²) in [6.07, 6.45) is 1.54. The predicted octanol–water partition coefficient (Wildman–Crippen LogP) is 6.14. The Balaban J connectivity index is 2.15.